The van der Waals surface area contributed by atoms with Crippen molar-refractivity contribution in [2.75, 3.05) is 11.9 Å². The number of rotatable bonds is 2. The molecule has 86 valence electrons. The van der Waals surface area contributed by atoms with Crippen molar-refractivity contribution in [3.63, 3.8) is 0 Å². The van der Waals surface area contributed by atoms with E-state index < -0.39 is 6.09 Å². The molecule has 0 unspecified atom stereocenters. The highest BCUT2D eigenvalue weighted by atomic mass is 79.9. The highest BCUT2D eigenvalue weighted by Crippen LogP contribution is 2.18. The van der Waals surface area contributed by atoms with Crippen molar-refractivity contribution < 1.29 is 9.53 Å². The third-order valence-corrected chi connectivity index (χ3v) is 2.31. The fourth-order valence-corrected chi connectivity index (χ4v) is 1.39. The van der Waals surface area contributed by atoms with Crippen LogP contribution in [-0.2, 0) is 4.74 Å². The molecule has 16 heavy (non-hydrogen) atoms. The Balaban J connectivity index is 2.52. The number of hydrogen-bond acceptors (Lipinski definition) is 4. The molecule has 0 bridgehead atoms. The Morgan fingerprint density at radius 1 is 1.69 bits per heavy atom. The van der Waals surface area contributed by atoms with Crippen LogP contribution in [0.4, 0.5) is 10.6 Å². The lowest BCUT2D eigenvalue weighted by Crippen LogP contribution is -2.28. The zero-order valence-electron chi connectivity index (χ0n) is 8.49. The Morgan fingerprint density at radius 3 is 3.06 bits per heavy atom. The molecule has 1 aromatic heterocycles. The van der Waals surface area contributed by atoms with Crippen molar-refractivity contribution in [2.45, 2.75) is 6.92 Å². The van der Waals surface area contributed by atoms with E-state index in [1.807, 2.05) is 0 Å². The number of nitrogens with zero attached hydrogens (tertiary/aromatic N) is 1. The van der Waals surface area contributed by atoms with Crippen molar-refractivity contribution in [3.8, 4) is 0 Å². The van der Waals surface area contributed by atoms with Crippen molar-refractivity contribution >= 4 is 45.2 Å². The number of alkyl carbamates (subject to hydrolysis) is 1. The van der Waals surface area contributed by atoms with E-state index in [-0.39, 0.29) is 5.17 Å². The van der Waals surface area contributed by atoms with Gasteiger partial charge in [0.2, 0.25) is 0 Å². The lowest BCUT2D eigenvalue weighted by Gasteiger charge is -2.08. The number of amides is 1. The molecule has 0 aliphatic heterocycles. The summed E-state index contributed by atoms with van der Waals surface area (Å²) in [6, 6.07) is 3.56. The second-order valence-electron chi connectivity index (χ2n) is 2.67. The first kappa shape index (κ1) is 12.9. The maximum Gasteiger partial charge on any atom is 0.414 e. The largest absolute Gasteiger partial charge is 0.414 e. The number of pyridine rings is 1. The second kappa shape index (κ2) is 6.39. The maximum atomic E-state index is 11.0. The Kier molecular flexibility index (Phi) is 5.13. The molecule has 0 fully saturated rings. The molecule has 5 nitrogen and oxygen atoms in total. The van der Waals surface area contributed by atoms with Gasteiger partial charge < -0.3 is 10.1 Å². The minimum Gasteiger partial charge on any atom is -0.382 e. The molecule has 7 heteroatoms. The van der Waals surface area contributed by atoms with Crippen LogP contribution in [0.25, 0.3) is 0 Å². The van der Waals surface area contributed by atoms with Crippen LogP contribution < -0.4 is 10.6 Å². The molecule has 0 aliphatic rings. The average Bonchev–Trinajstić information content (AvgIpc) is 2.21. The quantitative estimate of drug-likeness (QED) is 0.821. The summed E-state index contributed by atoms with van der Waals surface area (Å²) in [4.78, 5) is 15.0. The summed E-state index contributed by atoms with van der Waals surface area (Å²) in [6.45, 7) is 2.27. The summed E-state index contributed by atoms with van der Waals surface area (Å²) in [5.41, 5.74) is 0. The summed E-state index contributed by atoms with van der Waals surface area (Å²) in [5.74, 6) is 0.497. The van der Waals surface area contributed by atoms with E-state index in [0.29, 0.717) is 12.4 Å². The van der Waals surface area contributed by atoms with Crippen LogP contribution >= 0.6 is 28.1 Å². The van der Waals surface area contributed by atoms with E-state index in [1.165, 1.54) is 0 Å². The van der Waals surface area contributed by atoms with E-state index in [1.54, 1.807) is 25.3 Å². The van der Waals surface area contributed by atoms with Gasteiger partial charge in [0.25, 0.3) is 5.17 Å². The second-order valence-corrected chi connectivity index (χ2v) is 3.89. The van der Waals surface area contributed by atoms with Crippen LogP contribution in [0.1, 0.15) is 6.92 Å². The molecule has 1 aromatic rings. The van der Waals surface area contributed by atoms with E-state index in [4.69, 9.17) is 17.0 Å². The molecule has 0 radical (unpaired) electrons. The average molecular weight is 304 g/mol. The SMILES string of the molecule is CCNC(=O)OC(=S)Nc1ncccc1Br. The molecule has 0 aliphatic carbocycles. The predicted octanol–water partition coefficient (Wildman–Crippen LogP) is 2.29. The predicted molar refractivity (Wildman–Crippen MR) is 68.3 cm³/mol. The number of carbonyl (C=O) groups is 1. The van der Waals surface area contributed by atoms with Crippen molar-refractivity contribution in [1.82, 2.24) is 10.3 Å². The van der Waals surface area contributed by atoms with Crippen LogP contribution in [0.2, 0.25) is 0 Å². The van der Waals surface area contributed by atoms with Gasteiger partial charge in [-0.3, -0.25) is 5.32 Å². The molecular weight excluding hydrogens is 294 g/mol. The van der Waals surface area contributed by atoms with Crippen LogP contribution in [0, 0.1) is 0 Å². The van der Waals surface area contributed by atoms with Gasteiger partial charge in [0, 0.05) is 12.7 Å². The fraction of sp³-hybridized carbons (Fsp3) is 0.222. The zero-order chi connectivity index (χ0) is 12.0. The first-order chi connectivity index (χ1) is 7.63. The monoisotopic (exact) mass is 303 g/mol. The number of hydrogen-bond donors (Lipinski definition) is 2. The Hall–Kier alpha value is -1.21. The summed E-state index contributed by atoms with van der Waals surface area (Å²) < 4.78 is 5.49. The topological polar surface area (TPSA) is 63.2 Å². The van der Waals surface area contributed by atoms with Gasteiger partial charge in [-0.15, -0.1) is 0 Å². The Morgan fingerprint density at radius 2 is 2.44 bits per heavy atom. The maximum absolute atomic E-state index is 11.0. The molecular formula is C9H10BrN3O2S. The number of ether oxygens (including phenoxy) is 1. The van der Waals surface area contributed by atoms with E-state index >= 15 is 0 Å². The molecule has 1 amide bonds. The fourth-order valence-electron chi connectivity index (χ4n) is 0.864. The summed E-state index contributed by atoms with van der Waals surface area (Å²) in [7, 11) is 0. The van der Waals surface area contributed by atoms with E-state index in [2.05, 4.69) is 31.5 Å². The number of thiocarbonyl (C=S) groups is 1. The van der Waals surface area contributed by atoms with Crippen LogP contribution in [0.15, 0.2) is 22.8 Å². The number of anilines is 1. The number of halogens is 1. The molecule has 2 N–H and O–H groups in total. The third-order valence-electron chi connectivity index (χ3n) is 1.49. The molecule has 0 atom stereocenters. The minimum absolute atomic E-state index is 0.0506. The lowest BCUT2D eigenvalue weighted by atomic mass is 10.5. The van der Waals surface area contributed by atoms with Gasteiger partial charge in [-0.25, -0.2) is 9.78 Å². The highest BCUT2D eigenvalue weighted by molar-refractivity contribution is 9.10. The minimum atomic E-state index is -0.591. The van der Waals surface area contributed by atoms with Crippen molar-refractivity contribution in [2.24, 2.45) is 0 Å². The first-order valence-corrected chi connectivity index (χ1v) is 5.70. The van der Waals surface area contributed by atoms with Gasteiger partial charge in [0.15, 0.2) is 0 Å². The third kappa shape index (κ3) is 4.11. The molecule has 0 aromatic carbocycles. The van der Waals surface area contributed by atoms with E-state index in [9.17, 15) is 4.79 Å². The van der Waals surface area contributed by atoms with Gasteiger partial charge >= 0.3 is 6.09 Å². The molecule has 0 saturated carbocycles. The summed E-state index contributed by atoms with van der Waals surface area (Å²) in [5, 5.41) is 5.10. The van der Waals surface area contributed by atoms with Crippen molar-refractivity contribution in [3.05, 3.63) is 22.8 Å². The van der Waals surface area contributed by atoms with Gasteiger partial charge in [0.1, 0.15) is 5.82 Å². The zero-order valence-corrected chi connectivity index (χ0v) is 10.9. The molecule has 1 rings (SSSR count). The normalized spacial score (nSPS) is 9.38. The Bertz CT molecular complexity index is 400. The summed E-state index contributed by atoms with van der Waals surface area (Å²) >= 11 is 8.11. The van der Waals surface area contributed by atoms with Gasteiger partial charge in [-0.1, -0.05) is 0 Å². The molecule has 0 saturated heterocycles. The highest BCUT2D eigenvalue weighted by Gasteiger charge is 2.07. The summed E-state index contributed by atoms with van der Waals surface area (Å²) in [6.07, 6.45) is 1.01. The van der Waals surface area contributed by atoms with Crippen LogP contribution in [0.5, 0.6) is 0 Å². The van der Waals surface area contributed by atoms with Gasteiger partial charge in [0.05, 0.1) is 4.47 Å². The van der Waals surface area contributed by atoms with Crippen LogP contribution in [0.3, 0.4) is 0 Å². The Labute approximate surface area is 107 Å². The van der Waals surface area contributed by atoms with Gasteiger partial charge in [-0.2, -0.15) is 0 Å². The van der Waals surface area contributed by atoms with Crippen molar-refractivity contribution in [1.29, 1.82) is 0 Å². The van der Waals surface area contributed by atoms with Gasteiger partial charge in [-0.05, 0) is 47.2 Å². The number of nitrogens with one attached hydrogen (secondary N) is 2. The van der Waals surface area contributed by atoms with Crippen LogP contribution in [-0.4, -0.2) is 22.8 Å². The molecule has 0 spiro atoms. The first-order valence-electron chi connectivity index (χ1n) is 4.50. The number of aromatic nitrogens is 1. The smallest absolute Gasteiger partial charge is 0.382 e. The number of carbonyl (C=O) groups excluding carboxylic acids is 1. The lowest BCUT2D eigenvalue weighted by molar-refractivity contribution is 0.199. The molecule has 1 heterocycles. The standard InChI is InChI=1S/C9H10BrN3O2S/c1-2-11-8(14)15-9(16)13-7-6(10)4-3-5-12-7/h3-5H,2H2,1H3,(H,11,14)(H,12,13,16). The van der Waals surface area contributed by atoms with E-state index in [0.717, 1.165) is 4.47 Å².